The van der Waals surface area contributed by atoms with Gasteiger partial charge in [0.25, 0.3) is 0 Å². The summed E-state index contributed by atoms with van der Waals surface area (Å²) in [6.45, 7) is 7.62. The number of nitrogens with zero attached hydrogens (tertiary/aromatic N) is 2. The quantitative estimate of drug-likeness (QED) is 0.791. The molecule has 0 bridgehead atoms. The van der Waals surface area contributed by atoms with Crippen molar-refractivity contribution in [3.05, 3.63) is 18.0 Å². The van der Waals surface area contributed by atoms with Crippen molar-refractivity contribution in [2.45, 2.75) is 51.9 Å². The van der Waals surface area contributed by atoms with Crippen LogP contribution in [0.5, 0.6) is 5.75 Å². The lowest BCUT2D eigenvalue weighted by atomic mass is 10.2. The zero-order valence-electron chi connectivity index (χ0n) is 15.2. The lowest BCUT2D eigenvalue weighted by Gasteiger charge is -2.27. The number of carbonyl (C=O) groups is 2. The summed E-state index contributed by atoms with van der Waals surface area (Å²) < 4.78 is 18.1. The number of hydrogen-bond acceptors (Lipinski definition) is 5. The average Bonchev–Trinajstić information content (AvgIpc) is 3.01. The predicted octanol–water partition coefficient (Wildman–Crippen LogP) is 2.26. The standard InChI is InChI=1S/C17H26N2O5/c1-11-7-12(9-18(11)5)23-13-8-14(15(20)22-6)19(10-13)16(21)24-17(2,3)4/h7,9,13-14H,8,10H2,1-6H3/t13-,14+/m1/s1. The van der Waals surface area contributed by atoms with E-state index in [0.717, 1.165) is 11.4 Å². The molecule has 0 spiro atoms. The summed E-state index contributed by atoms with van der Waals surface area (Å²) in [4.78, 5) is 25.8. The smallest absolute Gasteiger partial charge is 0.411 e. The van der Waals surface area contributed by atoms with Gasteiger partial charge >= 0.3 is 12.1 Å². The second-order valence-corrected chi connectivity index (χ2v) is 7.08. The zero-order valence-corrected chi connectivity index (χ0v) is 15.2. The van der Waals surface area contributed by atoms with E-state index in [-0.39, 0.29) is 12.6 Å². The molecule has 1 saturated heterocycles. The molecule has 2 rings (SSSR count). The molecular weight excluding hydrogens is 312 g/mol. The summed E-state index contributed by atoms with van der Waals surface area (Å²) in [7, 11) is 3.24. The van der Waals surface area contributed by atoms with Crippen molar-refractivity contribution in [3.8, 4) is 5.75 Å². The minimum Gasteiger partial charge on any atom is -0.487 e. The number of aromatic nitrogens is 1. The third kappa shape index (κ3) is 4.21. The Kier molecular flexibility index (Phi) is 5.11. The SMILES string of the molecule is COC(=O)[C@@H]1C[C@@H](Oc2cc(C)n(C)c2)CN1C(=O)OC(C)(C)C. The van der Waals surface area contributed by atoms with Gasteiger partial charge in [-0.3, -0.25) is 4.90 Å². The summed E-state index contributed by atoms with van der Waals surface area (Å²) in [5.74, 6) is 0.255. The van der Waals surface area contributed by atoms with Crippen molar-refractivity contribution >= 4 is 12.1 Å². The van der Waals surface area contributed by atoms with E-state index in [9.17, 15) is 9.59 Å². The van der Waals surface area contributed by atoms with Gasteiger partial charge in [-0.15, -0.1) is 0 Å². The highest BCUT2D eigenvalue weighted by Crippen LogP contribution is 2.26. The first-order valence-electron chi connectivity index (χ1n) is 7.98. The van der Waals surface area contributed by atoms with Crippen LogP contribution in [0.2, 0.25) is 0 Å². The van der Waals surface area contributed by atoms with Gasteiger partial charge in [0.2, 0.25) is 0 Å². The first-order valence-corrected chi connectivity index (χ1v) is 7.98. The second-order valence-electron chi connectivity index (χ2n) is 7.08. The average molecular weight is 338 g/mol. The Labute approximate surface area is 142 Å². The van der Waals surface area contributed by atoms with Gasteiger partial charge in [-0.25, -0.2) is 9.59 Å². The van der Waals surface area contributed by atoms with Crippen molar-refractivity contribution in [3.63, 3.8) is 0 Å². The van der Waals surface area contributed by atoms with E-state index >= 15 is 0 Å². The maximum Gasteiger partial charge on any atom is 0.411 e. The largest absolute Gasteiger partial charge is 0.487 e. The zero-order chi connectivity index (χ0) is 18.1. The molecular formula is C17H26N2O5. The number of rotatable bonds is 3. The molecule has 1 aliphatic rings. The Morgan fingerprint density at radius 2 is 1.96 bits per heavy atom. The molecule has 0 saturated carbocycles. The molecule has 24 heavy (non-hydrogen) atoms. The molecule has 1 aromatic heterocycles. The Bertz CT molecular complexity index is 597. The monoisotopic (exact) mass is 338 g/mol. The number of hydrogen-bond donors (Lipinski definition) is 0. The number of carbonyl (C=O) groups excluding carboxylic acids is 2. The molecule has 0 radical (unpaired) electrons. The number of aryl methyl sites for hydroxylation is 2. The van der Waals surface area contributed by atoms with Gasteiger partial charge in [-0.05, 0) is 27.7 Å². The van der Waals surface area contributed by atoms with E-state index in [1.807, 2.05) is 30.8 Å². The lowest BCUT2D eigenvalue weighted by molar-refractivity contribution is -0.145. The van der Waals surface area contributed by atoms with E-state index < -0.39 is 23.7 Å². The molecule has 1 aromatic rings. The van der Waals surface area contributed by atoms with Gasteiger partial charge in [0, 0.05) is 31.4 Å². The van der Waals surface area contributed by atoms with Crippen LogP contribution in [0.4, 0.5) is 4.79 Å². The Hall–Kier alpha value is -2.18. The van der Waals surface area contributed by atoms with Crippen LogP contribution in [0.25, 0.3) is 0 Å². The van der Waals surface area contributed by atoms with Gasteiger partial charge in [0.05, 0.1) is 13.7 Å². The minimum atomic E-state index is -0.695. The predicted molar refractivity (Wildman–Crippen MR) is 87.9 cm³/mol. The maximum atomic E-state index is 12.4. The van der Waals surface area contributed by atoms with E-state index in [1.54, 1.807) is 20.8 Å². The Balaban J connectivity index is 2.11. The van der Waals surface area contributed by atoms with Gasteiger partial charge < -0.3 is 18.8 Å². The molecule has 7 nitrogen and oxygen atoms in total. The minimum absolute atomic E-state index is 0.280. The van der Waals surface area contributed by atoms with Crippen LogP contribution >= 0.6 is 0 Å². The summed E-state index contributed by atoms with van der Waals surface area (Å²) >= 11 is 0. The van der Waals surface area contributed by atoms with Crippen molar-refractivity contribution in [1.82, 2.24) is 9.47 Å². The topological polar surface area (TPSA) is 70.0 Å². The molecule has 0 unspecified atom stereocenters. The van der Waals surface area contributed by atoms with Crippen molar-refractivity contribution < 1.29 is 23.8 Å². The van der Waals surface area contributed by atoms with Crippen LogP contribution in [-0.4, -0.2) is 52.9 Å². The third-order valence-electron chi connectivity index (χ3n) is 3.90. The fourth-order valence-corrected chi connectivity index (χ4v) is 2.66. The number of esters is 1. The summed E-state index contributed by atoms with van der Waals surface area (Å²) in [6.07, 6.45) is 1.43. The normalized spacial score (nSPS) is 20.8. The molecule has 7 heteroatoms. The van der Waals surface area contributed by atoms with Gasteiger partial charge in [0.15, 0.2) is 0 Å². The fraction of sp³-hybridized carbons (Fsp3) is 0.647. The Morgan fingerprint density at radius 3 is 2.46 bits per heavy atom. The summed E-state index contributed by atoms with van der Waals surface area (Å²) in [6, 6.07) is 1.23. The Morgan fingerprint density at radius 1 is 1.29 bits per heavy atom. The molecule has 2 atom stereocenters. The lowest BCUT2D eigenvalue weighted by Crippen LogP contribution is -2.44. The molecule has 1 fully saturated rings. The first kappa shape index (κ1) is 18.2. The maximum absolute atomic E-state index is 12.4. The molecule has 1 amide bonds. The second kappa shape index (κ2) is 6.75. The molecule has 1 aliphatic heterocycles. The molecule has 2 heterocycles. The van der Waals surface area contributed by atoms with Crippen molar-refractivity contribution in [2.24, 2.45) is 7.05 Å². The number of methoxy groups -OCH3 is 1. The van der Waals surface area contributed by atoms with E-state index in [4.69, 9.17) is 14.2 Å². The number of amides is 1. The molecule has 0 aromatic carbocycles. The number of likely N-dealkylation sites (tertiary alicyclic amines) is 1. The van der Waals surface area contributed by atoms with Gasteiger partial charge in [-0.1, -0.05) is 0 Å². The fourth-order valence-electron chi connectivity index (χ4n) is 2.66. The highest BCUT2D eigenvalue weighted by atomic mass is 16.6. The third-order valence-corrected chi connectivity index (χ3v) is 3.90. The van der Waals surface area contributed by atoms with Crippen molar-refractivity contribution in [1.29, 1.82) is 0 Å². The van der Waals surface area contributed by atoms with Crippen LogP contribution in [-0.2, 0) is 21.3 Å². The molecule has 0 aliphatic carbocycles. The van der Waals surface area contributed by atoms with E-state index in [2.05, 4.69) is 0 Å². The van der Waals surface area contributed by atoms with Crippen LogP contribution in [0, 0.1) is 6.92 Å². The van der Waals surface area contributed by atoms with Crippen LogP contribution in [0.3, 0.4) is 0 Å². The van der Waals surface area contributed by atoms with Gasteiger partial charge in [0.1, 0.15) is 23.5 Å². The van der Waals surface area contributed by atoms with Crippen molar-refractivity contribution in [2.75, 3.05) is 13.7 Å². The van der Waals surface area contributed by atoms with Crippen LogP contribution < -0.4 is 4.74 Å². The molecule has 134 valence electrons. The first-order chi connectivity index (χ1) is 11.1. The summed E-state index contributed by atoms with van der Waals surface area (Å²) in [5, 5.41) is 0. The molecule has 0 N–H and O–H groups in total. The van der Waals surface area contributed by atoms with Crippen LogP contribution in [0.1, 0.15) is 32.9 Å². The summed E-state index contributed by atoms with van der Waals surface area (Å²) in [5.41, 5.74) is 0.435. The van der Waals surface area contributed by atoms with Gasteiger partial charge in [-0.2, -0.15) is 0 Å². The van der Waals surface area contributed by atoms with E-state index in [0.29, 0.717) is 6.42 Å². The number of ether oxygens (including phenoxy) is 3. The van der Waals surface area contributed by atoms with E-state index in [1.165, 1.54) is 12.0 Å². The highest BCUT2D eigenvalue weighted by Gasteiger charge is 2.43. The highest BCUT2D eigenvalue weighted by molar-refractivity contribution is 5.82. The van der Waals surface area contributed by atoms with Crippen LogP contribution in [0.15, 0.2) is 12.3 Å².